The van der Waals surface area contributed by atoms with E-state index in [9.17, 15) is 14.5 Å². The summed E-state index contributed by atoms with van der Waals surface area (Å²) >= 11 is 0. The number of phosphoric acid groups is 1. The average molecular weight is 278 g/mol. The molecule has 1 aromatic carbocycles. The van der Waals surface area contributed by atoms with Gasteiger partial charge in [0.2, 0.25) is 0 Å². The smallest absolute Gasteiger partial charge is 0.493 e. The number of aliphatic hydroxyl groups excluding tert-OH is 1. The zero-order valence-corrected chi connectivity index (χ0v) is 10.1. The molecule has 0 aliphatic carbocycles. The molecular weight excluding hydrogens is 267 g/mol. The highest BCUT2D eigenvalue weighted by atomic mass is 31.2. The second-order valence-electron chi connectivity index (χ2n) is 3.23. The van der Waals surface area contributed by atoms with E-state index >= 15 is 0 Å². The first kappa shape index (κ1) is 14.5. The minimum atomic E-state index is -4.74. The molecule has 0 bridgehead atoms. The van der Waals surface area contributed by atoms with Crippen molar-refractivity contribution in [1.82, 2.24) is 0 Å². The molecule has 4 N–H and O–H groups in total. The van der Waals surface area contributed by atoms with Crippen LogP contribution in [0.2, 0.25) is 0 Å². The van der Waals surface area contributed by atoms with Gasteiger partial charge in [0.1, 0.15) is 0 Å². The number of phosphoric ester groups is 1. The van der Waals surface area contributed by atoms with Crippen LogP contribution in [0.25, 0.3) is 0 Å². The van der Waals surface area contributed by atoms with Crippen LogP contribution in [0.3, 0.4) is 0 Å². The highest BCUT2D eigenvalue weighted by Gasteiger charge is 2.22. The normalized spacial score (nSPS) is 12.9. The third-order valence-corrected chi connectivity index (χ3v) is 2.39. The third-order valence-electron chi connectivity index (χ3n) is 1.95. The Hall–Kier alpha value is -1.60. The lowest BCUT2D eigenvalue weighted by molar-refractivity contribution is -0.146. The summed E-state index contributed by atoms with van der Waals surface area (Å²) in [5.74, 6) is -1.82. The fourth-order valence-electron chi connectivity index (χ4n) is 1.20. The minimum absolute atomic E-state index is 0.00240. The fourth-order valence-corrected chi connectivity index (χ4v) is 1.61. The highest BCUT2D eigenvalue weighted by Crippen LogP contribution is 2.42. The molecule has 100 valence electrons. The van der Waals surface area contributed by atoms with Gasteiger partial charge in [-0.05, 0) is 17.7 Å². The first-order valence-corrected chi connectivity index (χ1v) is 6.11. The van der Waals surface area contributed by atoms with E-state index in [0.717, 1.165) is 18.2 Å². The molecular formula is C9H11O8P. The lowest BCUT2D eigenvalue weighted by atomic mass is 10.1. The number of carboxylic acids is 1. The quantitative estimate of drug-likeness (QED) is 0.564. The summed E-state index contributed by atoms with van der Waals surface area (Å²) in [6, 6.07) is 3.37. The molecule has 0 saturated heterocycles. The van der Waals surface area contributed by atoms with Crippen molar-refractivity contribution in [2.24, 2.45) is 0 Å². The molecule has 8 nitrogen and oxygen atoms in total. The predicted molar refractivity (Wildman–Crippen MR) is 58.3 cm³/mol. The number of aliphatic hydroxyl groups is 1. The number of ether oxygens (including phenoxy) is 1. The van der Waals surface area contributed by atoms with Crippen molar-refractivity contribution in [2.45, 2.75) is 6.10 Å². The summed E-state index contributed by atoms with van der Waals surface area (Å²) < 4.78 is 19.8. The maximum Gasteiger partial charge on any atom is 0.524 e. The summed E-state index contributed by atoms with van der Waals surface area (Å²) in [7, 11) is -3.54. The number of benzene rings is 1. The van der Waals surface area contributed by atoms with Crippen LogP contribution in [-0.4, -0.2) is 33.1 Å². The van der Waals surface area contributed by atoms with Gasteiger partial charge in [-0.2, -0.15) is 0 Å². The Labute approximate surface area is 102 Å². The van der Waals surface area contributed by atoms with Crippen molar-refractivity contribution < 1.29 is 38.6 Å². The van der Waals surface area contributed by atoms with Crippen molar-refractivity contribution in [3.63, 3.8) is 0 Å². The van der Waals surface area contributed by atoms with Gasteiger partial charge >= 0.3 is 13.8 Å². The van der Waals surface area contributed by atoms with E-state index < -0.39 is 19.9 Å². The lowest BCUT2D eigenvalue weighted by Gasteiger charge is -2.13. The molecule has 0 amide bonds. The minimum Gasteiger partial charge on any atom is -0.493 e. The van der Waals surface area contributed by atoms with Crippen LogP contribution in [-0.2, 0) is 9.36 Å². The second-order valence-corrected chi connectivity index (χ2v) is 4.40. The standard InChI is InChI=1S/C9H11O8P/c1-16-7-4-5(8(10)9(11)12)2-3-6(7)17-18(13,14)15/h2-4,8,10H,1H3,(H,11,12)(H2,13,14,15). The monoisotopic (exact) mass is 278 g/mol. The van der Waals surface area contributed by atoms with Crippen LogP contribution in [0, 0.1) is 0 Å². The van der Waals surface area contributed by atoms with Crippen LogP contribution in [0.15, 0.2) is 18.2 Å². The highest BCUT2D eigenvalue weighted by molar-refractivity contribution is 7.46. The Morgan fingerprint density at radius 1 is 1.33 bits per heavy atom. The maximum atomic E-state index is 10.7. The van der Waals surface area contributed by atoms with Gasteiger partial charge in [-0.1, -0.05) is 6.07 Å². The Balaban J connectivity index is 3.11. The van der Waals surface area contributed by atoms with E-state index in [4.69, 9.17) is 19.6 Å². The number of hydrogen-bond donors (Lipinski definition) is 4. The van der Waals surface area contributed by atoms with Gasteiger partial charge in [0.15, 0.2) is 17.6 Å². The summed E-state index contributed by atoms with van der Waals surface area (Å²) in [6.07, 6.45) is -1.76. The zero-order valence-electron chi connectivity index (χ0n) is 9.18. The fraction of sp³-hybridized carbons (Fsp3) is 0.222. The first-order valence-electron chi connectivity index (χ1n) is 4.58. The number of rotatable bonds is 5. The number of aliphatic carboxylic acids is 1. The summed E-state index contributed by atoms with van der Waals surface area (Å²) in [5.41, 5.74) is -0.00240. The number of carboxylic acid groups (broad SMARTS) is 1. The van der Waals surface area contributed by atoms with Crippen molar-refractivity contribution in [1.29, 1.82) is 0 Å². The average Bonchev–Trinajstić information content (AvgIpc) is 2.26. The maximum absolute atomic E-state index is 10.7. The number of hydrogen-bond acceptors (Lipinski definition) is 5. The zero-order chi connectivity index (χ0) is 13.9. The Kier molecular flexibility index (Phi) is 4.31. The SMILES string of the molecule is COc1cc(C(O)C(=O)O)ccc1OP(=O)(O)O. The summed E-state index contributed by atoms with van der Waals surface area (Å²) in [6.45, 7) is 0. The lowest BCUT2D eigenvalue weighted by Crippen LogP contribution is -2.10. The van der Waals surface area contributed by atoms with E-state index in [1.54, 1.807) is 0 Å². The molecule has 0 spiro atoms. The molecule has 0 aliphatic rings. The molecule has 0 aromatic heterocycles. The van der Waals surface area contributed by atoms with E-state index in [-0.39, 0.29) is 17.1 Å². The van der Waals surface area contributed by atoms with Crippen LogP contribution in [0.1, 0.15) is 11.7 Å². The molecule has 0 saturated carbocycles. The van der Waals surface area contributed by atoms with Crippen LogP contribution in [0.4, 0.5) is 0 Å². The molecule has 1 unspecified atom stereocenters. The topological polar surface area (TPSA) is 134 Å². The molecule has 0 radical (unpaired) electrons. The van der Waals surface area contributed by atoms with E-state index in [0.29, 0.717) is 0 Å². The van der Waals surface area contributed by atoms with Crippen molar-refractivity contribution >= 4 is 13.8 Å². The van der Waals surface area contributed by atoms with Crippen molar-refractivity contribution in [2.75, 3.05) is 7.11 Å². The van der Waals surface area contributed by atoms with Gasteiger partial charge in [-0.25, -0.2) is 9.36 Å². The summed E-state index contributed by atoms with van der Waals surface area (Å²) in [4.78, 5) is 27.9. The Morgan fingerprint density at radius 2 is 1.94 bits per heavy atom. The number of methoxy groups -OCH3 is 1. The van der Waals surface area contributed by atoms with Gasteiger partial charge in [0.25, 0.3) is 0 Å². The third kappa shape index (κ3) is 3.71. The molecule has 0 heterocycles. The molecule has 9 heteroatoms. The van der Waals surface area contributed by atoms with Gasteiger partial charge in [-0.3, -0.25) is 9.79 Å². The van der Waals surface area contributed by atoms with E-state index in [2.05, 4.69) is 4.52 Å². The predicted octanol–water partition coefficient (Wildman–Crippen LogP) is 0.285. The van der Waals surface area contributed by atoms with Crippen LogP contribution >= 0.6 is 7.82 Å². The van der Waals surface area contributed by atoms with Crippen molar-refractivity contribution in [3.8, 4) is 11.5 Å². The summed E-state index contributed by atoms with van der Waals surface area (Å²) in [5, 5.41) is 17.9. The van der Waals surface area contributed by atoms with Gasteiger partial charge in [-0.15, -0.1) is 0 Å². The van der Waals surface area contributed by atoms with Crippen LogP contribution in [0.5, 0.6) is 11.5 Å². The van der Waals surface area contributed by atoms with E-state index in [1.807, 2.05) is 0 Å². The molecule has 18 heavy (non-hydrogen) atoms. The van der Waals surface area contributed by atoms with Gasteiger partial charge < -0.3 is 19.5 Å². The van der Waals surface area contributed by atoms with Crippen LogP contribution < -0.4 is 9.26 Å². The number of carbonyl (C=O) groups is 1. The van der Waals surface area contributed by atoms with Crippen molar-refractivity contribution in [3.05, 3.63) is 23.8 Å². The Bertz CT molecular complexity index is 493. The molecule has 0 aliphatic heterocycles. The van der Waals surface area contributed by atoms with Gasteiger partial charge in [0, 0.05) is 0 Å². The molecule has 1 aromatic rings. The molecule has 0 fully saturated rings. The molecule has 1 atom stereocenters. The Morgan fingerprint density at radius 3 is 2.39 bits per heavy atom. The first-order chi connectivity index (χ1) is 8.24. The largest absolute Gasteiger partial charge is 0.524 e. The van der Waals surface area contributed by atoms with Gasteiger partial charge in [0.05, 0.1) is 7.11 Å². The molecule has 1 rings (SSSR count). The second kappa shape index (κ2) is 5.36. The van der Waals surface area contributed by atoms with E-state index in [1.165, 1.54) is 7.11 Å².